The maximum absolute atomic E-state index is 14.1. The van der Waals surface area contributed by atoms with Crippen molar-refractivity contribution < 1.29 is 9.18 Å². The lowest BCUT2D eigenvalue weighted by molar-refractivity contribution is 0.0741. The molecule has 7 nitrogen and oxygen atoms in total. The van der Waals surface area contributed by atoms with E-state index in [1.165, 1.54) is 6.07 Å². The van der Waals surface area contributed by atoms with Gasteiger partial charge >= 0.3 is 0 Å². The third-order valence-electron chi connectivity index (χ3n) is 5.89. The van der Waals surface area contributed by atoms with Crippen molar-refractivity contribution in [2.24, 2.45) is 0 Å². The van der Waals surface area contributed by atoms with Gasteiger partial charge in [-0.05, 0) is 35.9 Å². The van der Waals surface area contributed by atoms with Crippen LogP contribution in [0.1, 0.15) is 10.5 Å². The Morgan fingerprint density at radius 3 is 2.59 bits per heavy atom. The van der Waals surface area contributed by atoms with Crippen molar-refractivity contribution in [1.82, 2.24) is 19.9 Å². The zero-order valence-corrected chi connectivity index (χ0v) is 19.0. The summed E-state index contributed by atoms with van der Waals surface area (Å²) in [6.07, 6.45) is 3.39. The Bertz CT molecular complexity index is 1350. The van der Waals surface area contributed by atoms with Gasteiger partial charge in [-0.25, -0.2) is 14.4 Å². The van der Waals surface area contributed by atoms with Gasteiger partial charge < -0.3 is 20.5 Å². The van der Waals surface area contributed by atoms with Gasteiger partial charge in [0.2, 0.25) is 5.95 Å². The minimum absolute atomic E-state index is 0.120. The molecule has 2 aromatic carbocycles. The first kappa shape index (κ1) is 21.9. The number of aromatic amines is 1. The van der Waals surface area contributed by atoms with Gasteiger partial charge in [0.25, 0.3) is 5.91 Å². The molecular formula is C25H22ClFN6O. The van der Waals surface area contributed by atoms with Crippen molar-refractivity contribution in [3.8, 4) is 22.4 Å². The van der Waals surface area contributed by atoms with Crippen LogP contribution in [0.15, 0.2) is 67.0 Å². The first-order valence-electron chi connectivity index (χ1n) is 10.9. The molecule has 1 aliphatic rings. The monoisotopic (exact) mass is 476 g/mol. The Labute approximate surface area is 201 Å². The van der Waals surface area contributed by atoms with E-state index in [0.29, 0.717) is 48.3 Å². The van der Waals surface area contributed by atoms with Crippen molar-refractivity contribution >= 4 is 29.1 Å². The van der Waals surface area contributed by atoms with Crippen molar-refractivity contribution in [2.45, 2.75) is 0 Å². The number of para-hydroxylation sites is 1. The van der Waals surface area contributed by atoms with Crippen LogP contribution in [0.25, 0.3) is 22.4 Å². The van der Waals surface area contributed by atoms with E-state index in [4.69, 9.17) is 17.3 Å². The number of aromatic nitrogens is 3. The Balaban J connectivity index is 1.35. The van der Waals surface area contributed by atoms with Gasteiger partial charge in [-0.1, -0.05) is 35.9 Å². The first-order chi connectivity index (χ1) is 16.5. The normalized spacial score (nSPS) is 13.8. The zero-order valence-electron chi connectivity index (χ0n) is 18.2. The summed E-state index contributed by atoms with van der Waals surface area (Å²) in [5.74, 6) is -0.235. The number of hydrogen-bond donors (Lipinski definition) is 2. The molecule has 1 amide bonds. The van der Waals surface area contributed by atoms with E-state index in [1.807, 2.05) is 29.2 Å². The van der Waals surface area contributed by atoms with Crippen molar-refractivity contribution in [1.29, 1.82) is 0 Å². The molecule has 9 heteroatoms. The average Bonchev–Trinajstić information content (AvgIpc) is 3.34. The second-order valence-electron chi connectivity index (χ2n) is 8.03. The first-order valence-corrected chi connectivity index (χ1v) is 11.2. The molecule has 2 aromatic heterocycles. The summed E-state index contributed by atoms with van der Waals surface area (Å²) in [5, 5.41) is 0.597. The van der Waals surface area contributed by atoms with Crippen molar-refractivity contribution in [3.05, 3.63) is 83.5 Å². The van der Waals surface area contributed by atoms with E-state index in [1.54, 1.807) is 41.6 Å². The van der Waals surface area contributed by atoms with E-state index < -0.39 is 0 Å². The molecule has 1 fully saturated rings. The summed E-state index contributed by atoms with van der Waals surface area (Å²) in [4.78, 5) is 28.5. The van der Waals surface area contributed by atoms with E-state index in [2.05, 4.69) is 15.0 Å². The third kappa shape index (κ3) is 4.32. The molecule has 3 N–H and O–H groups in total. The van der Waals surface area contributed by atoms with Crippen LogP contribution in [-0.2, 0) is 0 Å². The number of halogens is 2. The lowest BCUT2D eigenvalue weighted by atomic mass is 10.0. The molecule has 4 aromatic rings. The quantitative estimate of drug-likeness (QED) is 0.453. The number of nitrogens with zero attached hydrogens (tertiary/aromatic N) is 4. The Hall–Kier alpha value is -3.91. The SMILES string of the molecule is Nc1ncc(-c2cccc(Cl)c2)c(-c2c[nH]c(C(=O)N3CCN(c4ccccc4F)CC3)c2)n1. The fourth-order valence-electron chi connectivity index (χ4n) is 4.17. The topological polar surface area (TPSA) is 91.1 Å². The highest BCUT2D eigenvalue weighted by Gasteiger charge is 2.25. The standard InChI is InChI=1S/C25H22ClFN6O/c26-18-5-3-4-16(12-18)19-15-30-25(28)31-23(19)17-13-21(29-14-17)24(34)33-10-8-32(9-11-33)22-7-2-1-6-20(22)27/h1-7,12-15,29H,8-11H2,(H2,28,30,31). The minimum Gasteiger partial charge on any atom is -0.368 e. The number of carbonyl (C=O) groups excluding carboxylic acids is 1. The number of piperazine rings is 1. The average molecular weight is 477 g/mol. The van der Waals surface area contributed by atoms with Gasteiger partial charge in [-0.15, -0.1) is 0 Å². The van der Waals surface area contributed by atoms with E-state index in [-0.39, 0.29) is 17.7 Å². The van der Waals surface area contributed by atoms with Gasteiger partial charge in [0.1, 0.15) is 11.5 Å². The van der Waals surface area contributed by atoms with Gasteiger partial charge in [0, 0.05) is 54.7 Å². The highest BCUT2D eigenvalue weighted by molar-refractivity contribution is 6.30. The number of nitrogens with one attached hydrogen (secondary N) is 1. The van der Waals surface area contributed by atoms with E-state index in [0.717, 1.165) is 16.7 Å². The van der Waals surface area contributed by atoms with Gasteiger partial charge in [0.15, 0.2) is 0 Å². The summed E-state index contributed by atoms with van der Waals surface area (Å²) in [6.45, 7) is 2.11. The molecule has 5 rings (SSSR count). The van der Waals surface area contributed by atoms with Crippen molar-refractivity contribution in [3.63, 3.8) is 0 Å². The van der Waals surface area contributed by atoms with Crippen LogP contribution in [0.4, 0.5) is 16.0 Å². The van der Waals surface area contributed by atoms with Crippen LogP contribution >= 0.6 is 11.6 Å². The molecule has 0 saturated carbocycles. The highest BCUT2D eigenvalue weighted by Crippen LogP contribution is 2.32. The van der Waals surface area contributed by atoms with Crippen LogP contribution in [0.2, 0.25) is 5.02 Å². The second-order valence-corrected chi connectivity index (χ2v) is 8.47. The van der Waals surface area contributed by atoms with Gasteiger partial charge in [-0.3, -0.25) is 4.79 Å². The van der Waals surface area contributed by atoms with Gasteiger partial charge in [-0.2, -0.15) is 0 Å². The summed E-state index contributed by atoms with van der Waals surface area (Å²) in [5.41, 5.74) is 9.80. The largest absolute Gasteiger partial charge is 0.368 e. The molecule has 34 heavy (non-hydrogen) atoms. The van der Waals surface area contributed by atoms with E-state index in [9.17, 15) is 9.18 Å². The number of hydrogen-bond acceptors (Lipinski definition) is 5. The highest BCUT2D eigenvalue weighted by atomic mass is 35.5. The molecule has 3 heterocycles. The molecule has 172 valence electrons. The smallest absolute Gasteiger partial charge is 0.270 e. The minimum atomic E-state index is -0.254. The molecule has 1 aliphatic heterocycles. The summed E-state index contributed by atoms with van der Waals surface area (Å²) in [7, 11) is 0. The third-order valence-corrected chi connectivity index (χ3v) is 6.12. The molecular weight excluding hydrogens is 455 g/mol. The second kappa shape index (κ2) is 9.15. The number of carbonyl (C=O) groups is 1. The van der Waals surface area contributed by atoms with Gasteiger partial charge in [0.05, 0.1) is 11.4 Å². The Kier molecular flexibility index (Phi) is 5.90. The van der Waals surface area contributed by atoms with Crippen LogP contribution in [0, 0.1) is 5.82 Å². The Morgan fingerprint density at radius 1 is 1.03 bits per heavy atom. The number of H-pyrrole nitrogens is 1. The molecule has 0 spiro atoms. The van der Waals surface area contributed by atoms with Crippen LogP contribution in [0.3, 0.4) is 0 Å². The lowest BCUT2D eigenvalue weighted by Gasteiger charge is -2.36. The number of benzene rings is 2. The molecule has 0 unspecified atom stereocenters. The Morgan fingerprint density at radius 2 is 1.82 bits per heavy atom. The summed E-state index contributed by atoms with van der Waals surface area (Å²) < 4.78 is 14.1. The molecule has 1 saturated heterocycles. The predicted molar refractivity (Wildman–Crippen MR) is 131 cm³/mol. The lowest BCUT2D eigenvalue weighted by Crippen LogP contribution is -2.49. The fraction of sp³-hybridized carbons (Fsp3) is 0.160. The number of amides is 1. The fourth-order valence-corrected chi connectivity index (χ4v) is 4.36. The van der Waals surface area contributed by atoms with Crippen LogP contribution in [-0.4, -0.2) is 51.9 Å². The summed E-state index contributed by atoms with van der Waals surface area (Å²) in [6, 6.07) is 15.8. The van der Waals surface area contributed by atoms with Crippen LogP contribution in [0.5, 0.6) is 0 Å². The molecule has 0 bridgehead atoms. The maximum Gasteiger partial charge on any atom is 0.270 e. The number of rotatable bonds is 4. The van der Waals surface area contributed by atoms with E-state index >= 15 is 0 Å². The van der Waals surface area contributed by atoms with Crippen LogP contribution < -0.4 is 10.6 Å². The number of nitrogen functional groups attached to an aromatic ring is 1. The molecule has 0 atom stereocenters. The summed E-state index contributed by atoms with van der Waals surface area (Å²) >= 11 is 6.17. The number of anilines is 2. The van der Waals surface area contributed by atoms with Crippen molar-refractivity contribution in [2.75, 3.05) is 36.8 Å². The number of nitrogens with two attached hydrogens (primary N) is 1. The maximum atomic E-state index is 14.1. The zero-order chi connectivity index (χ0) is 23.7. The molecule has 0 radical (unpaired) electrons. The predicted octanol–water partition coefficient (Wildman–Crippen LogP) is 4.48. The molecule has 0 aliphatic carbocycles.